The second-order valence-corrected chi connectivity index (χ2v) is 8.83. The highest BCUT2D eigenvalue weighted by molar-refractivity contribution is 5.85. The molecule has 0 N–H and O–H groups in total. The van der Waals surface area contributed by atoms with Crippen LogP contribution in [0.1, 0.15) is 61.3 Å². The van der Waals surface area contributed by atoms with E-state index in [1.807, 2.05) is 37.3 Å². The predicted octanol–water partition coefficient (Wildman–Crippen LogP) is 7.87. The molecule has 0 atom stereocenters. The normalized spacial score (nSPS) is 18.4. The molecule has 0 radical (unpaired) electrons. The van der Waals surface area contributed by atoms with Gasteiger partial charge in [0.1, 0.15) is 5.82 Å². The Bertz CT molecular complexity index is 1100. The van der Waals surface area contributed by atoms with Gasteiger partial charge in [-0.1, -0.05) is 55.2 Å². The van der Waals surface area contributed by atoms with Crippen LogP contribution in [-0.2, 0) is 12.8 Å². The first-order valence-corrected chi connectivity index (χ1v) is 11.6. The molecule has 31 heavy (non-hydrogen) atoms. The van der Waals surface area contributed by atoms with E-state index in [9.17, 15) is 4.39 Å². The molecule has 0 aliphatic heterocycles. The summed E-state index contributed by atoms with van der Waals surface area (Å²) in [5, 5.41) is 1.58. The number of hydrogen-bond donors (Lipinski definition) is 0. The minimum atomic E-state index is -0.108. The third-order valence-corrected chi connectivity index (χ3v) is 6.79. The minimum Gasteiger partial charge on any atom is -0.206 e. The molecule has 0 spiro atoms. The van der Waals surface area contributed by atoms with E-state index in [0.717, 1.165) is 40.3 Å². The summed E-state index contributed by atoms with van der Waals surface area (Å²) in [6.45, 7) is 5.92. The van der Waals surface area contributed by atoms with Crippen molar-refractivity contribution in [3.05, 3.63) is 95.3 Å². The summed E-state index contributed by atoms with van der Waals surface area (Å²) in [5.41, 5.74) is 4.08. The topological polar surface area (TPSA) is 0 Å². The Balaban J connectivity index is 1.38. The molecule has 4 rings (SSSR count). The summed E-state index contributed by atoms with van der Waals surface area (Å²) in [5.74, 6) is 7.98. The van der Waals surface area contributed by atoms with Crippen molar-refractivity contribution in [2.45, 2.75) is 51.9 Å². The highest BCUT2D eigenvalue weighted by atomic mass is 19.1. The average Bonchev–Trinajstić information content (AvgIpc) is 2.82. The van der Waals surface area contributed by atoms with Gasteiger partial charge in [-0.25, -0.2) is 4.39 Å². The second kappa shape index (κ2) is 9.97. The Morgan fingerprint density at radius 3 is 2.35 bits per heavy atom. The Morgan fingerprint density at radius 2 is 1.65 bits per heavy atom. The summed E-state index contributed by atoms with van der Waals surface area (Å²) in [7, 11) is 0. The van der Waals surface area contributed by atoms with Gasteiger partial charge >= 0.3 is 0 Å². The quantitative estimate of drug-likeness (QED) is 0.296. The predicted molar refractivity (Wildman–Crippen MR) is 130 cm³/mol. The van der Waals surface area contributed by atoms with E-state index in [0.29, 0.717) is 11.8 Å². The largest absolute Gasteiger partial charge is 0.206 e. The number of hydrogen-bond acceptors (Lipinski definition) is 0. The van der Waals surface area contributed by atoms with Crippen LogP contribution in [0.3, 0.4) is 0 Å². The number of rotatable bonds is 5. The van der Waals surface area contributed by atoms with Crippen LogP contribution in [0.25, 0.3) is 10.8 Å². The molecule has 158 valence electrons. The molecule has 1 aliphatic rings. The van der Waals surface area contributed by atoms with Gasteiger partial charge in [-0.2, -0.15) is 0 Å². The van der Waals surface area contributed by atoms with Gasteiger partial charge in [0.15, 0.2) is 0 Å². The van der Waals surface area contributed by atoms with Crippen LogP contribution in [-0.4, -0.2) is 0 Å². The second-order valence-electron chi connectivity index (χ2n) is 8.83. The van der Waals surface area contributed by atoms with Crippen molar-refractivity contribution < 1.29 is 4.39 Å². The number of halogens is 1. The molecule has 0 aromatic heterocycles. The van der Waals surface area contributed by atoms with Gasteiger partial charge < -0.3 is 0 Å². The van der Waals surface area contributed by atoms with Crippen molar-refractivity contribution >= 4 is 10.8 Å². The highest BCUT2D eigenvalue weighted by Crippen LogP contribution is 2.32. The third-order valence-electron chi connectivity index (χ3n) is 6.79. The maximum atomic E-state index is 14.5. The summed E-state index contributed by atoms with van der Waals surface area (Å²) in [6, 6.07) is 18.2. The van der Waals surface area contributed by atoms with E-state index in [2.05, 4.69) is 48.8 Å². The molecule has 0 bridgehead atoms. The van der Waals surface area contributed by atoms with Gasteiger partial charge in [-0.15, -0.1) is 6.58 Å². The van der Waals surface area contributed by atoms with E-state index in [1.54, 1.807) is 0 Å². The van der Waals surface area contributed by atoms with Crippen molar-refractivity contribution in [1.82, 2.24) is 0 Å². The lowest BCUT2D eigenvalue weighted by Crippen LogP contribution is -2.13. The van der Waals surface area contributed by atoms with Gasteiger partial charge in [0.25, 0.3) is 0 Å². The molecule has 0 unspecified atom stereocenters. The lowest BCUT2D eigenvalue weighted by molar-refractivity contribution is 0.296. The Labute approximate surface area is 186 Å². The number of fused-ring (bicyclic) bond motifs is 1. The fraction of sp³-hybridized carbons (Fsp3) is 0.333. The lowest BCUT2D eigenvalue weighted by atomic mass is 9.79. The SMILES string of the molecule is C=CC1CCC(CCc2ccc(C#Cc3ccc4c(F)c(CC)ccc4c3)cc2)CC1. The zero-order valence-corrected chi connectivity index (χ0v) is 18.5. The molecular weight excluding hydrogens is 379 g/mol. The van der Waals surface area contributed by atoms with Crippen molar-refractivity contribution in [2.75, 3.05) is 0 Å². The van der Waals surface area contributed by atoms with Crippen molar-refractivity contribution in [3.63, 3.8) is 0 Å². The van der Waals surface area contributed by atoms with Gasteiger partial charge in [-0.05, 0) is 97.6 Å². The first kappa shape index (κ1) is 21.4. The van der Waals surface area contributed by atoms with Gasteiger partial charge in [0.2, 0.25) is 0 Å². The average molecular weight is 411 g/mol. The molecule has 0 heterocycles. The molecule has 1 fully saturated rings. The first-order valence-electron chi connectivity index (χ1n) is 11.6. The maximum absolute atomic E-state index is 14.5. The summed E-state index contributed by atoms with van der Waals surface area (Å²) < 4.78 is 14.5. The Kier molecular flexibility index (Phi) is 6.88. The van der Waals surface area contributed by atoms with Crippen molar-refractivity contribution in [2.24, 2.45) is 11.8 Å². The molecule has 0 saturated heterocycles. The molecule has 0 nitrogen and oxygen atoms in total. The molecule has 3 aromatic rings. The van der Waals surface area contributed by atoms with Crippen LogP contribution in [0.4, 0.5) is 4.39 Å². The van der Waals surface area contributed by atoms with Gasteiger partial charge in [0.05, 0.1) is 0 Å². The zero-order chi connectivity index (χ0) is 21.6. The van der Waals surface area contributed by atoms with E-state index in [4.69, 9.17) is 0 Å². The van der Waals surface area contributed by atoms with Crippen LogP contribution in [0.2, 0.25) is 0 Å². The Hall–Kier alpha value is -2.85. The molecule has 3 aromatic carbocycles. The van der Waals surface area contributed by atoms with Gasteiger partial charge in [0, 0.05) is 16.5 Å². The fourth-order valence-corrected chi connectivity index (χ4v) is 4.67. The first-order chi connectivity index (χ1) is 15.2. The molecule has 1 saturated carbocycles. The number of benzene rings is 3. The van der Waals surface area contributed by atoms with E-state index >= 15 is 0 Å². The van der Waals surface area contributed by atoms with E-state index in [1.165, 1.54) is 37.7 Å². The Morgan fingerprint density at radius 1 is 0.935 bits per heavy atom. The molecule has 0 amide bonds. The molecular formula is C30H31F. The van der Waals surface area contributed by atoms with Crippen LogP contribution >= 0.6 is 0 Å². The standard InChI is InChI=1S/C30H31F/c1-3-22-5-7-23(8-6-22)9-10-24-11-13-25(14-12-24)15-16-26-17-20-29-28(21-26)19-18-27(4-2)30(29)31/h3,11-14,17-23H,1,4-10H2,2H3. The fourth-order valence-electron chi connectivity index (χ4n) is 4.67. The smallest absolute Gasteiger partial charge is 0.134 e. The monoisotopic (exact) mass is 410 g/mol. The zero-order valence-electron chi connectivity index (χ0n) is 18.5. The van der Waals surface area contributed by atoms with Gasteiger partial charge in [-0.3, -0.25) is 0 Å². The molecule has 1 heteroatoms. The van der Waals surface area contributed by atoms with Crippen LogP contribution < -0.4 is 0 Å². The maximum Gasteiger partial charge on any atom is 0.134 e. The van der Waals surface area contributed by atoms with Crippen molar-refractivity contribution in [3.8, 4) is 11.8 Å². The summed E-state index contributed by atoms with van der Waals surface area (Å²) in [4.78, 5) is 0. The van der Waals surface area contributed by atoms with E-state index in [-0.39, 0.29) is 5.82 Å². The summed E-state index contributed by atoms with van der Waals surface area (Å²) >= 11 is 0. The van der Waals surface area contributed by atoms with E-state index < -0.39 is 0 Å². The molecule has 1 aliphatic carbocycles. The van der Waals surface area contributed by atoms with Crippen LogP contribution in [0.15, 0.2) is 67.3 Å². The minimum absolute atomic E-state index is 0.108. The lowest BCUT2D eigenvalue weighted by Gasteiger charge is -2.26. The van der Waals surface area contributed by atoms with Crippen LogP contribution in [0, 0.1) is 29.5 Å². The highest BCUT2D eigenvalue weighted by Gasteiger charge is 2.18. The number of aryl methyl sites for hydroxylation is 2. The van der Waals surface area contributed by atoms with Crippen LogP contribution in [0.5, 0.6) is 0 Å². The van der Waals surface area contributed by atoms with Crippen molar-refractivity contribution in [1.29, 1.82) is 0 Å². The summed E-state index contributed by atoms with van der Waals surface area (Å²) in [6.07, 6.45) is 10.6. The third kappa shape index (κ3) is 5.26. The number of allylic oxidation sites excluding steroid dienone is 1.